The van der Waals surface area contributed by atoms with Crippen LogP contribution in [-0.4, -0.2) is 61.1 Å². The van der Waals surface area contributed by atoms with Gasteiger partial charge in [0, 0.05) is 13.1 Å². The standard InChI is InChI=1S/C23H26N2O2.C7H8O3S/c26-23(27-21-16-24-13-10-18(21)11-14-24)25-15-12-17-6-4-5-9-20(17)22(25)19-7-2-1-3-8-19;1-6-2-4-7(5-3-6)11(8,9)10/h1-9,18,21-22H,10-16H2;2-5H,1H3,(H,8,9,10)/t21-,22-;/m0./s1. The third-order valence-electron chi connectivity index (χ3n) is 7.80. The Kier molecular flexibility index (Phi) is 7.83. The number of fused-ring (bicyclic) bond motifs is 4. The number of nitrogens with zero attached hydrogens (tertiary/aromatic N) is 2. The number of rotatable bonds is 3. The number of aryl methyl sites for hydroxylation is 1. The average Bonchev–Trinajstić information content (AvgIpc) is 2.93. The van der Waals surface area contributed by atoms with Crippen LogP contribution in [0.4, 0.5) is 4.79 Å². The SMILES string of the molecule is Cc1ccc(S(=O)(=O)O)cc1.O=C(O[C@H]1CN2CCC1CC2)N1CCc2ccccc2[C@@H]1c1ccccc1. The summed E-state index contributed by atoms with van der Waals surface area (Å²) in [4.78, 5) is 17.5. The number of ether oxygens (including phenoxy) is 1. The van der Waals surface area contributed by atoms with Gasteiger partial charge >= 0.3 is 6.09 Å². The fourth-order valence-electron chi connectivity index (χ4n) is 5.71. The van der Waals surface area contributed by atoms with E-state index >= 15 is 0 Å². The molecular formula is C30H34N2O5S. The zero-order valence-corrected chi connectivity index (χ0v) is 22.4. The molecule has 7 nitrogen and oxygen atoms in total. The van der Waals surface area contributed by atoms with Crippen LogP contribution in [-0.2, 0) is 21.3 Å². The van der Waals surface area contributed by atoms with E-state index in [1.165, 1.54) is 23.3 Å². The molecule has 0 aliphatic carbocycles. The van der Waals surface area contributed by atoms with Gasteiger partial charge in [0.1, 0.15) is 6.10 Å². The van der Waals surface area contributed by atoms with Gasteiger partial charge < -0.3 is 4.74 Å². The molecule has 2 atom stereocenters. The van der Waals surface area contributed by atoms with E-state index in [-0.39, 0.29) is 23.1 Å². The molecule has 0 saturated carbocycles. The Hall–Kier alpha value is -3.20. The van der Waals surface area contributed by atoms with E-state index < -0.39 is 10.1 Å². The summed E-state index contributed by atoms with van der Waals surface area (Å²) in [6.45, 7) is 5.76. The lowest BCUT2D eigenvalue weighted by atomic mass is 9.86. The number of piperidine rings is 3. The highest BCUT2D eigenvalue weighted by Crippen LogP contribution is 2.37. The van der Waals surface area contributed by atoms with Crippen molar-refractivity contribution in [2.24, 2.45) is 5.92 Å². The lowest BCUT2D eigenvalue weighted by Crippen LogP contribution is -2.53. The van der Waals surface area contributed by atoms with Gasteiger partial charge in [-0.2, -0.15) is 8.42 Å². The number of hydrogen-bond acceptors (Lipinski definition) is 5. The number of carbonyl (C=O) groups excluding carboxylic acids is 1. The van der Waals surface area contributed by atoms with E-state index in [1.54, 1.807) is 12.1 Å². The number of benzene rings is 3. The third kappa shape index (κ3) is 5.93. The lowest BCUT2D eigenvalue weighted by molar-refractivity contribution is -0.0462. The Bertz CT molecular complexity index is 1350. The summed E-state index contributed by atoms with van der Waals surface area (Å²) in [5.74, 6) is 0.534. The van der Waals surface area contributed by atoms with Crippen LogP contribution in [0.25, 0.3) is 0 Å². The van der Waals surface area contributed by atoms with Crippen molar-refractivity contribution in [3.8, 4) is 0 Å². The van der Waals surface area contributed by atoms with Crippen LogP contribution in [0.3, 0.4) is 0 Å². The van der Waals surface area contributed by atoms with Crippen molar-refractivity contribution in [1.29, 1.82) is 0 Å². The molecule has 1 amide bonds. The van der Waals surface area contributed by atoms with Crippen molar-refractivity contribution in [3.63, 3.8) is 0 Å². The molecule has 2 bridgehead atoms. The first-order valence-electron chi connectivity index (χ1n) is 13.2. The van der Waals surface area contributed by atoms with Crippen LogP contribution in [0, 0.1) is 12.8 Å². The van der Waals surface area contributed by atoms with Crippen molar-refractivity contribution in [2.75, 3.05) is 26.2 Å². The Labute approximate surface area is 224 Å². The van der Waals surface area contributed by atoms with E-state index in [4.69, 9.17) is 9.29 Å². The monoisotopic (exact) mass is 534 g/mol. The molecule has 3 fully saturated rings. The summed E-state index contributed by atoms with van der Waals surface area (Å²) < 4.78 is 35.6. The Morgan fingerprint density at radius 2 is 1.55 bits per heavy atom. The molecule has 38 heavy (non-hydrogen) atoms. The lowest BCUT2D eigenvalue weighted by Gasteiger charge is -2.45. The molecule has 4 heterocycles. The van der Waals surface area contributed by atoms with Crippen molar-refractivity contribution < 1.29 is 22.5 Å². The number of amides is 1. The highest BCUT2D eigenvalue weighted by atomic mass is 32.2. The van der Waals surface area contributed by atoms with E-state index in [2.05, 4.69) is 41.3 Å². The number of hydrogen-bond donors (Lipinski definition) is 1. The second-order valence-electron chi connectivity index (χ2n) is 10.3. The van der Waals surface area contributed by atoms with E-state index in [0.29, 0.717) is 12.5 Å². The molecule has 4 aliphatic rings. The zero-order chi connectivity index (χ0) is 26.7. The largest absolute Gasteiger partial charge is 0.444 e. The minimum Gasteiger partial charge on any atom is -0.444 e. The molecule has 4 aliphatic heterocycles. The van der Waals surface area contributed by atoms with Gasteiger partial charge in [-0.3, -0.25) is 14.4 Å². The maximum absolute atomic E-state index is 13.2. The summed E-state index contributed by atoms with van der Waals surface area (Å²) in [5.41, 5.74) is 4.66. The zero-order valence-electron chi connectivity index (χ0n) is 21.6. The summed E-state index contributed by atoms with van der Waals surface area (Å²) in [5, 5.41) is 0. The minimum atomic E-state index is -4.02. The first-order valence-corrected chi connectivity index (χ1v) is 14.6. The van der Waals surface area contributed by atoms with Crippen LogP contribution < -0.4 is 0 Å². The molecule has 3 aromatic carbocycles. The molecular weight excluding hydrogens is 500 g/mol. The minimum absolute atomic E-state index is 0.0496. The van der Waals surface area contributed by atoms with Gasteiger partial charge in [0.25, 0.3) is 10.1 Å². The van der Waals surface area contributed by atoms with Crippen molar-refractivity contribution >= 4 is 16.2 Å². The van der Waals surface area contributed by atoms with Crippen LogP contribution in [0.15, 0.2) is 83.8 Å². The number of carbonyl (C=O) groups is 1. The molecule has 1 N–H and O–H groups in total. The molecule has 0 aromatic heterocycles. The normalized spacial score (nSPS) is 24.1. The molecule has 0 spiro atoms. The second-order valence-corrected chi connectivity index (χ2v) is 11.7. The fraction of sp³-hybridized carbons (Fsp3) is 0.367. The highest BCUT2D eigenvalue weighted by Gasteiger charge is 2.39. The quantitative estimate of drug-likeness (QED) is 0.470. The van der Waals surface area contributed by atoms with Crippen LogP contribution in [0.1, 0.15) is 41.1 Å². The first-order chi connectivity index (χ1) is 18.3. The second kappa shape index (κ2) is 11.3. The fourth-order valence-corrected chi connectivity index (χ4v) is 6.19. The summed E-state index contributed by atoms with van der Waals surface area (Å²) >= 11 is 0. The van der Waals surface area contributed by atoms with Gasteiger partial charge in [-0.15, -0.1) is 0 Å². The van der Waals surface area contributed by atoms with E-state index in [1.807, 2.05) is 30.0 Å². The Morgan fingerprint density at radius 1 is 0.895 bits per heavy atom. The molecule has 3 saturated heterocycles. The maximum atomic E-state index is 13.2. The highest BCUT2D eigenvalue weighted by molar-refractivity contribution is 7.85. The van der Waals surface area contributed by atoms with Crippen LogP contribution >= 0.6 is 0 Å². The summed E-state index contributed by atoms with van der Waals surface area (Å²) in [7, 11) is -4.02. The predicted molar refractivity (Wildman–Crippen MR) is 146 cm³/mol. The average molecular weight is 535 g/mol. The van der Waals surface area contributed by atoms with Gasteiger partial charge in [-0.1, -0.05) is 72.3 Å². The first kappa shape index (κ1) is 26.4. The van der Waals surface area contributed by atoms with Gasteiger partial charge in [0.15, 0.2) is 0 Å². The van der Waals surface area contributed by atoms with Gasteiger partial charge in [-0.05, 0) is 74.0 Å². The molecule has 0 radical (unpaired) electrons. The molecule has 200 valence electrons. The molecule has 7 rings (SSSR count). The smallest absolute Gasteiger partial charge is 0.410 e. The summed E-state index contributed by atoms with van der Waals surface area (Å²) in [6, 6.07) is 24.7. The van der Waals surface area contributed by atoms with Crippen molar-refractivity contribution in [3.05, 3.63) is 101 Å². The Morgan fingerprint density at radius 3 is 2.18 bits per heavy atom. The maximum Gasteiger partial charge on any atom is 0.410 e. The molecule has 3 aromatic rings. The van der Waals surface area contributed by atoms with Gasteiger partial charge in [0.2, 0.25) is 0 Å². The third-order valence-corrected chi connectivity index (χ3v) is 8.67. The Balaban J connectivity index is 0.000000226. The van der Waals surface area contributed by atoms with Gasteiger partial charge in [0.05, 0.1) is 10.9 Å². The summed E-state index contributed by atoms with van der Waals surface area (Å²) in [6.07, 6.45) is 3.09. The van der Waals surface area contributed by atoms with Crippen molar-refractivity contribution in [1.82, 2.24) is 9.80 Å². The topological polar surface area (TPSA) is 87.1 Å². The van der Waals surface area contributed by atoms with Crippen molar-refractivity contribution in [2.45, 2.75) is 43.2 Å². The van der Waals surface area contributed by atoms with Crippen LogP contribution in [0.5, 0.6) is 0 Å². The van der Waals surface area contributed by atoms with E-state index in [0.717, 1.165) is 50.0 Å². The molecule has 0 unspecified atom stereocenters. The van der Waals surface area contributed by atoms with E-state index in [9.17, 15) is 13.2 Å². The van der Waals surface area contributed by atoms with Crippen LogP contribution in [0.2, 0.25) is 0 Å². The predicted octanol–water partition coefficient (Wildman–Crippen LogP) is 5.11. The van der Waals surface area contributed by atoms with Gasteiger partial charge in [-0.25, -0.2) is 4.79 Å². The molecule has 8 heteroatoms.